The maximum Gasteiger partial charge on any atom is 0.242 e. The largest absolute Gasteiger partial charge is 0.508 e. The van der Waals surface area contributed by atoms with E-state index in [0.29, 0.717) is 39.1 Å². The predicted molar refractivity (Wildman–Crippen MR) is 99.8 cm³/mol. The first-order chi connectivity index (χ1) is 12.9. The molecule has 1 amide bonds. The van der Waals surface area contributed by atoms with E-state index >= 15 is 0 Å². The summed E-state index contributed by atoms with van der Waals surface area (Å²) in [5, 5.41) is 13.4. The molecule has 1 N–H and O–H groups in total. The van der Waals surface area contributed by atoms with E-state index in [-0.39, 0.29) is 35.2 Å². The standard InChI is InChI=1S/C21H26N2O4/c1-21(2)12-17-20(18(25)13-21)16(14-3-5-15(24)6-4-14)11-19(26)23(17)22-7-9-27-10-8-22/h3-6,16,24H,7-13H2,1-2H3. The number of amides is 1. The Kier molecular flexibility index (Phi) is 4.56. The summed E-state index contributed by atoms with van der Waals surface area (Å²) >= 11 is 0. The van der Waals surface area contributed by atoms with Gasteiger partial charge in [-0.1, -0.05) is 26.0 Å². The molecule has 144 valence electrons. The number of rotatable bonds is 2. The normalized spacial score (nSPS) is 26.3. The summed E-state index contributed by atoms with van der Waals surface area (Å²) in [7, 11) is 0. The first-order valence-corrected chi connectivity index (χ1v) is 9.56. The molecule has 4 rings (SSSR count). The zero-order chi connectivity index (χ0) is 19.2. The number of benzene rings is 1. The summed E-state index contributed by atoms with van der Waals surface area (Å²) in [6.45, 7) is 6.65. The molecule has 2 heterocycles. The van der Waals surface area contributed by atoms with Crippen molar-refractivity contribution in [3.63, 3.8) is 0 Å². The molecule has 1 aromatic rings. The van der Waals surface area contributed by atoms with Gasteiger partial charge in [0.1, 0.15) is 5.75 Å². The Morgan fingerprint density at radius 2 is 1.74 bits per heavy atom. The summed E-state index contributed by atoms with van der Waals surface area (Å²) in [4.78, 5) is 26.3. The second-order valence-electron chi connectivity index (χ2n) is 8.42. The number of allylic oxidation sites excluding steroid dienone is 2. The van der Waals surface area contributed by atoms with Crippen molar-refractivity contribution in [2.24, 2.45) is 5.41 Å². The molecule has 1 aromatic carbocycles. The third-order valence-corrected chi connectivity index (χ3v) is 5.68. The molecule has 0 aromatic heterocycles. The second-order valence-corrected chi connectivity index (χ2v) is 8.42. The fourth-order valence-electron chi connectivity index (χ4n) is 4.47. The molecule has 0 saturated carbocycles. The molecule has 6 nitrogen and oxygen atoms in total. The maximum absolute atomic E-state index is 13.2. The van der Waals surface area contributed by atoms with Gasteiger partial charge in [0, 0.05) is 43.1 Å². The molecule has 1 fully saturated rings. The minimum atomic E-state index is -0.242. The Hall–Kier alpha value is -2.18. The zero-order valence-corrected chi connectivity index (χ0v) is 15.9. The van der Waals surface area contributed by atoms with Gasteiger partial charge in [0.2, 0.25) is 5.91 Å². The molecule has 1 unspecified atom stereocenters. The van der Waals surface area contributed by atoms with Gasteiger partial charge in [0.15, 0.2) is 5.78 Å². The van der Waals surface area contributed by atoms with E-state index in [1.165, 1.54) is 0 Å². The number of hydrazine groups is 1. The Bertz CT molecular complexity index is 791. The number of carbonyl (C=O) groups excluding carboxylic acids is 2. The van der Waals surface area contributed by atoms with Crippen LogP contribution in [0.2, 0.25) is 0 Å². The number of aromatic hydroxyl groups is 1. The number of hydrogen-bond acceptors (Lipinski definition) is 5. The van der Waals surface area contributed by atoms with Crippen molar-refractivity contribution in [3.8, 4) is 5.75 Å². The van der Waals surface area contributed by atoms with Gasteiger partial charge in [0.25, 0.3) is 0 Å². The van der Waals surface area contributed by atoms with Crippen molar-refractivity contribution in [2.45, 2.75) is 39.0 Å². The zero-order valence-electron chi connectivity index (χ0n) is 15.9. The molecule has 1 aliphatic carbocycles. The number of morpholine rings is 1. The minimum Gasteiger partial charge on any atom is -0.508 e. The van der Waals surface area contributed by atoms with Crippen LogP contribution in [0.4, 0.5) is 0 Å². The SMILES string of the molecule is CC1(C)CC(=O)C2=C(C1)N(N1CCOCC1)C(=O)CC2c1ccc(O)cc1. The first-order valence-electron chi connectivity index (χ1n) is 9.56. The lowest BCUT2D eigenvalue weighted by Crippen LogP contribution is -2.55. The van der Waals surface area contributed by atoms with Crippen LogP contribution in [0.3, 0.4) is 0 Å². The van der Waals surface area contributed by atoms with E-state index in [1.54, 1.807) is 17.1 Å². The van der Waals surface area contributed by atoms with E-state index in [1.807, 2.05) is 17.1 Å². The molecule has 0 bridgehead atoms. The van der Waals surface area contributed by atoms with Crippen LogP contribution in [0.15, 0.2) is 35.5 Å². The molecule has 1 saturated heterocycles. The van der Waals surface area contributed by atoms with Crippen molar-refractivity contribution < 1.29 is 19.4 Å². The molecular formula is C21H26N2O4. The lowest BCUT2D eigenvalue weighted by molar-refractivity contribution is -0.154. The van der Waals surface area contributed by atoms with Gasteiger partial charge < -0.3 is 9.84 Å². The van der Waals surface area contributed by atoms with E-state index in [0.717, 1.165) is 16.8 Å². The third-order valence-electron chi connectivity index (χ3n) is 5.68. The van der Waals surface area contributed by atoms with Crippen molar-refractivity contribution in [3.05, 3.63) is 41.1 Å². The quantitative estimate of drug-likeness (QED) is 0.867. The topological polar surface area (TPSA) is 70.1 Å². The molecule has 3 aliphatic rings. The van der Waals surface area contributed by atoms with E-state index in [4.69, 9.17) is 4.74 Å². The second kappa shape index (κ2) is 6.77. The van der Waals surface area contributed by atoms with Gasteiger partial charge in [0.05, 0.1) is 13.2 Å². The summed E-state index contributed by atoms with van der Waals surface area (Å²) in [5.41, 5.74) is 2.36. The van der Waals surface area contributed by atoms with Crippen LogP contribution in [-0.2, 0) is 14.3 Å². The molecule has 0 radical (unpaired) electrons. The Morgan fingerprint density at radius 1 is 1.07 bits per heavy atom. The maximum atomic E-state index is 13.2. The highest BCUT2D eigenvalue weighted by Gasteiger charge is 2.45. The summed E-state index contributed by atoms with van der Waals surface area (Å²) in [6, 6.07) is 6.86. The molecule has 0 spiro atoms. The van der Waals surface area contributed by atoms with Crippen molar-refractivity contribution in [1.29, 1.82) is 0 Å². The van der Waals surface area contributed by atoms with Gasteiger partial charge in [-0.2, -0.15) is 0 Å². The summed E-state index contributed by atoms with van der Waals surface area (Å²) < 4.78 is 5.44. The lowest BCUT2D eigenvalue weighted by atomic mass is 9.69. The third kappa shape index (κ3) is 3.39. The molecule has 27 heavy (non-hydrogen) atoms. The number of phenolic OH excluding ortho intramolecular Hbond substituents is 1. The summed E-state index contributed by atoms with van der Waals surface area (Å²) in [6.07, 6.45) is 1.46. The number of ether oxygens (including phenoxy) is 1. The van der Waals surface area contributed by atoms with Crippen LogP contribution in [0.5, 0.6) is 5.75 Å². The van der Waals surface area contributed by atoms with Crippen LogP contribution >= 0.6 is 0 Å². The van der Waals surface area contributed by atoms with Crippen LogP contribution in [0, 0.1) is 5.41 Å². The van der Waals surface area contributed by atoms with Crippen LogP contribution in [0.25, 0.3) is 0 Å². The molecule has 6 heteroatoms. The van der Waals surface area contributed by atoms with Crippen LogP contribution < -0.4 is 0 Å². The first kappa shape index (κ1) is 18.2. The molecule has 2 aliphatic heterocycles. The Balaban J connectivity index is 1.81. The van der Waals surface area contributed by atoms with Crippen molar-refractivity contribution in [1.82, 2.24) is 10.0 Å². The average molecular weight is 370 g/mol. The monoisotopic (exact) mass is 370 g/mol. The van der Waals surface area contributed by atoms with Gasteiger partial charge in [-0.3, -0.25) is 9.59 Å². The van der Waals surface area contributed by atoms with Crippen molar-refractivity contribution in [2.75, 3.05) is 26.3 Å². The van der Waals surface area contributed by atoms with Crippen LogP contribution in [-0.4, -0.2) is 53.1 Å². The summed E-state index contributed by atoms with van der Waals surface area (Å²) in [5.74, 6) is 0.0967. The number of nitrogens with zero attached hydrogens (tertiary/aromatic N) is 2. The van der Waals surface area contributed by atoms with Gasteiger partial charge in [-0.05, 0) is 29.5 Å². The highest BCUT2D eigenvalue weighted by molar-refractivity contribution is 6.02. The molecule has 1 atom stereocenters. The number of phenols is 1. The van der Waals surface area contributed by atoms with Gasteiger partial charge in [-0.25, -0.2) is 10.0 Å². The van der Waals surface area contributed by atoms with E-state index in [9.17, 15) is 14.7 Å². The number of carbonyl (C=O) groups is 2. The highest BCUT2D eigenvalue weighted by Crippen LogP contribution is 2.47. The van der Waals surface area contributed by atoms with Crippen LogP contribution in [0.1, 0.15) is 44.6 Å². The smallest absolute Gasteiger partial charge is 0.242 e. The fourth-order valence-corrected chi connectivity index (χ4v) is 4.47. The highest BCUT2D eigenvalue weighted by atomic mass is 16.5. The lowest BCUT2D eigenvalue weighted by Gasteiger charge is -2.47. The number of hydrogen-bond donors (Lipinski definition) is 1. The van der Waals surface area contributed by atoms with E-state index in [2.05, 4.69) is 13.8 Å². The fraction of sp³-hybridized carbons (Fsp3) is 0.524. The average Bonchev–Trinajstić information content (AvgIpc) is 2.61. The Morgan fingerprint density at radius 3 is 2.41 bits per heavy atom. The minimum absolute atomic E-state index is 0.0271. The van der Waals surface area contributed by atoms with Gasteiger partial charge in [-0.15, -0.1) is 0 Å². The Labute approximate surface area is 159 Å². The van der Waals surface area contributed by atoms with Gasteiger partial charge >= 0.3 is 0 Å². The number of ketones is 1. The predicted octanol–water partition coefficient (Wildman–Crippen LogP) is 2.60. The van der Waals surface area contributed by atoms with Crippen molar-refractivity contribution >= 4 is 11.7 Å². The molecular weight excluding hydrogens is 344 g/mol. The number of Topliss-reactive ketones (excluding diaryl/α,β-unsaturated/α-hetero) is 1. The van der Waals surface area contributed by atoms with E-state index < -0.39 is 0 Å².